The van der Waals surface area contributed by atoms with Crippen LogP contribution in [0, 0.1) is 13.8 Å². The molecule has 0 aliphatic carbocycles. The van der Waals surface area contributed by atoms with Crippen LogP contribution in [0.25, 0.3) is 6.08 Å². The molecule has 6 heteroatoms. The molecule has 3 aromatic carbocycles. The first-order chi connectivity index (χ1) is 17.3. The topological polar surface area (TPSA) is 55.8 Å². The number of carbonyl (C=O) groups is 2. The Kier molecular flexibility index (Phi) is 8.16. The van der Waals surface area contributed by atoms with Gasteiger partial charge in [0.15, 0.2) is 0 Å². The number of benzene rings is 3. The summed E-state index contributed by atoms with van der Waals surface area (Å²) < 4.78 is 11.9. The van der Waals surface area contributed by atoms with Crippen LogP contribution in [-0.4, -0.2) is 29.2 Å². The van der Waals surface area contributed by atoms with Gasteiger partial charge >= 0.3 is 0 Å². The van der Waals surface area contributed by atoms with Crippen molar-refractivity contribution in [1.82, 2.24) is 4.90 Å². The summed E-state index contributed by atoms with van der Waals surface area (Å²) in [4.78, 5) is 27.1. The zero-order chi connectivity index (χ0) is 25.7. The molecule has 0 radical (unpaired) electrons. The lowest BCUT2D eigenvalue weighted by atomic mass is 10.0. The molecule has 1 saturated heterocycles. The lowest BCUT2D eigenvalue weighted by Crippen LogP contribution is -2.32. The van der Waals surface area contributed by atoms with Crippen molar-refractivity contribution in [3.63, 3.8) is 0 Å². The maximum Gasteiger partial charge on any atom is 0.293 e. The summed E-state index contributed by atoms with van der Waals surface area (Å²) in [5, 5.41) is -0.277. The van der Waals surface area contributed by atoms with Crippen molar-refractivity contribution >= 4 is 29.0 Å². The fraction of sp³-hybridized carbons (Fsp3) is 0.267. The molecular weight excluding hydrogens is 470 g/mol. The smallest absolute Gasteiger partial charge is 0.293 e. The number of ether oxygens (including phenoxy) is 2. The number of hydrogen-bond acceptors (Lipinski definition) is 5. The molecule has 1 aliphatic rings. The minimum Gasteiger partial charge on any atom is -0.491 e. The fourth-order valence-electron chi connectivity index (χ4n) is 3.93. The second kappa shape index (κ2) is 11.5. The predicted molar refractivity (Wildman–Crippen MR) is 145 cm³/mol. The van der Waals surface area contributed by atoms with E-state index in [0.717, 1.165) is 45.5 Å². The quantitative estimate of drug-likeness (QED) is 0.292. The number of rotatable bonds is 9. The van der Waals surface area contributed by atoms with Crippen LogP contribution < -0.4 is 9.47 Å². The zero-order valence-electron chi connectivity index (χ0n) is 21.1. The van der Waals surface area contributed by atoms with Gasteiger partial charge in [0.2, 0.25) is 0 Å². The van der Waals surface area contributed by atoms with Crippen molar-refractivity contribution in [2.24, 2.45) is 0 Å². The molecule has 1 aliphatic heterocycles. The van der Waals surface area contributed by atoms with Crippen molar-refractivity contribution in [3.8, 4) is 11.5 Å². The van der Waals surface area contributed by atoms with E-state index in [1.54, 1.807) is 6.08 Å². The van der Waals surface area contributed by atoms with Gasteiger partial charge in [0.1, 0.15) is 24.7 Å². The average Bonchev–Trinajstić information content (AvgIpc) is 3.11. The first-order valence-corrected chi connectivity index (χ1v) is 12.9. The van der Waals surface area contributed by atoms with Crippen molar-refractivity contribution in [3.05, 3.63) is 99.5 Å². The van der Waals surface area contributed by atoms with Gasteiger partial charge in [0.05, 0.1) is 11.4 Å². The summed E-state index contributed by atoms with van der Waals surface area (Å²) in [6.45, 7) is 9.26. The second-order valence-electron chi connectivity index (χ2n) is 9.16. The molecule has 1 fully saturated rings. The van der Waals surface area contributed by atoms with E-state index >= 15 is 0 Å². The highest BCUT2D eigenvalue weighted by atomic mass is 32.2. The Labute approximate surface area is 217 Å². The highest BCUT2D eigenvalue weighted by Crippen LogP contribution is 2.33. The Morgan fingerprint density at radius 1 is 0.944 bits per heavy atom. The number of amides is 2. The number of carbonyl (C=O) groups excluding carboxylic acids is 2. The number of nitrogens with zero attached hydrogens (tertiary/aromatic N) is 1. The largest absolute Gasteiger partial charge is 0.491 e. The third-order valence-electron chi connectivity index (χ3n) is 6.07. The van der Waals surface area contributed by atoms with Gasteiger partial charge in [0.25, 0.3) is 11.1 Å². The highest BCUT2D eigenvalue weighted by Gasteiger charge is 2.34. The summed E-state index contributed by atoms with van der Waals surface area (Å²) in [5.74, 6) is 1.58. The normalized spacial score (nSPS) is 14.7. The summed E-state index contributed by atoms with van der Waals surface area (Å²) in [7, 11) is 0. The van der Waals surface area contributed by atoms with Crippen molar-refractivity contribution in [2.45, 2.75) is 40.2 Å². The summed E-state index contributed by atoms with van der Waals surface area (Å²) >= 11 is 0.958. The minimum atomic E-state index is -0.290. The van der Waals surface area contributed by atoms with Crippen LogP contribution in [0.15, 0.2) is 71.6 Å². The van der Waals surface area contributed by atoms with Crippen molar-refractivity contribution in [2.75, 3.05) is 13.2 Å². The van der Waals surface area contributed by atoms with E-state index in [0.29, 0.717) is 17.4 Å². The molecule has 0 N–H and O–H groups in total. The van der Waals surface area contributed by atoms with Crippen LogP contribution >= 0.6 is 11.8 Å². The fourth-order valence-corrected chi connectivity index (χ4v) is 4.79. The second-order valence-corrected chi connectivity index (χ2v) is 10.2. The summed E-state index contributed by atoms with van der Waals surface area (Å²) in [5.41, 5.74) is 5.38. The molecule has 0 unspecified atom stereocenters. The van der Waals surface area contributed by atoms with Gasteiger partial charge in [-0.25, -0.2) is 0 Å². The maximum absolute atomic E-state index is 12.9. The molecule has 1 heterocycles. The molecule has 0 saturated carbocycles. The van der Waals surface area contributed by atoms with E-state index < -0.39 is 0 Å². The van der Waals surface area contributed by atoms with Crippen LogP contribution in [0.2, 0.25) is 0 Å². The molecule has 5 nitrogen and oxygen atoms in total. The van der Waals surface area contributed by atoms with Crippen LogP contribution in [-0.2, 0) is 11.4 Å². The Hall–Kier alpha value is -3.51. The standard InChI is InChI=1S/C30H31NO4S/c1-20(2)26-14-9-21(3)17-27(26)34-16-15-31-29(32)28(36-30(31)33)18-23-10-12-25(13-11-23)35-19-24-8-6-5-7-22(24)4/h5-14,17-18,20H,15-16,19H2,1-4H3/b28-18-. The van der Waals surface area contributed by atoms with Crippen molar-refractivity contribution in [1.29, 1.82) is 0 Å². The lowest BCUT2D eigenvalue weighted by Gasteiger charge is -2.17. The van der Waals surface area contributed by atoms with E-state index in [9.17, 15) is 9.59 Å². The van der Waals surface area contributed by atoms with E-state index in [1.165, 1.54) is 10.5 Å². The molecule has 0 aromatic heterocycles. The molecule has 4 rings (SSSR count). The van der Waals surface area contributed by atoms with Gasteiger partial charge in [0, 0.05) is 0 Å². The molecule has 2 amide bonds. The molecule has 0 bridgehead atoms. The predicted octanol–water partition coefficient (Wildman–Crippen LogP) is 7.12. The van der Waals surface area contributed by atoms with Gasteiger partial charge in [-0.1, -0.05) is 62.4 Å². The Morgan fingerprint density at radius 3 is 2.42 bits per heavy atom. The van der Waals surface area contributed by atoms with E-state index in [-0.39, 0.29) is 24.3 Å². The summed E-state index contributed by atoms with van der Waals surface area (Å²) in [6.07, 6.45) is 1.74. The van der Waals surface area contributed by atoms with Crippen LogP contribution in [0.3, 0.4) is 0 Å². The molecule has 3 aromatic rings. The summed E-state index contributed by atoms with van der Waals surface area (Å²) in [6, 6.07) is 21.8. The monoisotopic (exact) mass is 501 g/mol. The molecule has 0 atom stereocenters. The zero-order valence-corrected chi connectivity index (χ0v) is 21.9. The van der Waals surface area contributed by atoms with Gasteiger partial charge in [-0.3, -0.25) is 14.5 Å². The maximum atomic E-state index is 12.9. The third-order valence-corrected chi connectivity index (χ3v) is 6.98. The first kappa shape index (κ1) is 25.6. The van der Waals surface area contributed by atoms with E-state index in [4.69, 9.17) is 9.47 Å². The van der Waals surface area contributed by atoms with Crippen LogP contribution in [0.4, 0.5) is 4.79 Å². The Bertz CT molecular complexity index is 1280. The van der Waals surface area contributed by atoms with Gasteiger partial charge in [-0.15, -0.1) is 0 Å². The number of thioether (sulfide) groups is 1. The molecule has 0 spiro atoms. The van der Waals surface area contributed by atoms with E-state index in [1.807, 2.05) is 49.4 Å². The highest BCUT2D eigenvalue weighted by molar-refractivity contribution is 8.18. The van der Waals surface area contributed by atoms with Crippen LogP contribution in [0.1, 0.15) is 47.6 Å². The number of aryl methyl sites for hydroxylation is 2. The SMILES string of the molecule is Cc1ccc(C(C)C)c(OCCN2C(=O)S/C(=C\c3ccc(OCc4ccccc4C)cc3)C2=O)c1. The molecular formula is C30H31NO4S. The van der Waals surface area contributed by atoms with Crippen LogP contribution in [0.5, 0.6) is 11.5 Å². The van der Waals surface area contributed by atoms with Gasteiger partial charge < -0.3 is 9.47 Å². The lowest BCUT2D eigenvalue weighted by molar-refractivity contribution is -0.123. The number of hydrogen-bond donors (Lipinski definition) is 0. The molecule has 186 valence electrons. The Balaban J connectivity index is 1.35. The first-order valence-electron chi connectivity index (χ1n) is 12.1. The molecule has 36 heavy (non-hydrogen) atoms. The number of imide groups is 1. The van der Waals surface area contributed by atoms with Crippen molar-refractivity contribution < 1.29 is 19.1 Å². The van der Waals surface area contributed by atoms with Gasteiger partial charge in [-0.05, 0) is 83.6 Å². The Morgan fingerprint density at radius 2 is 1.69 bits per heavy atom. The van der Waals surface area contributed by atoms with E-state index in [2.05, 4.69) is 45.0 Å². The van der Waals surface area contributed by atoms with Gasteiger partial charge in [-0.2, -0.15) is 0 Å². The third kappa shape index (κ3) is 6.18. The minimum absolute atomic E-state index is 0.208. The average molecular weight is 502 g/mol.